The van der Waals surface area contributed by atoms with Crippen molar-refractivity contribution in [3.8, 4) is 5.69 Å². The van der Waals surface area contributed by atoms with E-state index in [2.05, 4.69) is 29.4 Å². The molecular weight excluding hydrogens is 162 g/mol. The van der Waals surface area contributed by atoms with Crippen LogP contribution in [0.2, 0.25) is 0 Å². The van der Waals surface area contributed by atoms with E-state index in [-0.39, 0.29) is 1.43 Å². The van der Waals surface area contributed by atoms with Crippen molar-refractivity contribution in [2.75, 3.05) is 0 Å². The molecule has 0 aliphatic rings. The van der Waals surface area contributed by atoms with Crippen LogP contribution in [0.15, 0.2) is 36.7 Å². The number of hydrogen-bond acceptors (Lipinski definition) is 2. The first-order chi connectivity index (χ1) is 6.40. The Balaban J connectivity index is 0.000000980. The highest BCUT2D eigenvalue weighted by Gasteiger charge is 1.95. The van der Waals surface area contributed by atoms with E-state index < -0.39 is 0 Å². The average molecular weight is 175 g/mol. The fraction of sp³-hybridized carbons (Fsp3) is 0.200. The van der Waals surface area contributed by atoms with Crippen LogP contribution in [0.25, 0.3) is 5.69 Å². The lowest BCUT2D eigenvalue weighted by Crippen LogP contribution is -1.94. The molecule has 0 unspecified atom stereocenters. The van der Waals surface area contributed by atoms with Gasteiger partial charge in [-0.1, -0.05) is 24.3 Å². The van der Waals surface area contributed by atoms with E-state index in [1.807, 2.05) is 18.3 Å². The molecule has 1 aromatic carbocycles. The minimum absolute atomic E-state index is 0. The first-order valence-electron chi connectivity index (χ1n) is 4.36. The summed E-state index contributed by atoms with van der Waals surface area (Å²) in [5, 5.41) is 7.66. The van der Waals surface area contributed by atoms with Gasteiger partial charge in [0.05, 0.1) is 18.1 Å². The van der Waals surface area contributed by atoms with Gasteiger partial charge in [-0.2, -0.15) is 0 Å². The van der Waals surface area contributed by atoms with Gasteiger partial charge in [-0.25, -0.2) is 4.68 Å². The summed E-state index contributed by atoms with van der Waals surface area (Å²) in [6, 6.07) is 8.31. The van der Waals surface area contributed by atoms with Gasteiger partial charge in [-0.05, 0) is 24.1 Å². The molecule has 2 aromatic rings. The molecule has 0 saturated heterocycles. The van der Waals surface area contributed by atoms with Gasteiger partial charge in [0, 0.05) is 1.43 Å². The van der Waals surface area contributed by atoms with Crippen molar-refractivity contribution >= 4 is 0 Å². The van der Waals surface area contributed by atoms with Crippen LogP contribution in [0.5, 0.6) is 0 Å². The second-order valence-corrected chi connectivity index (χ2v) is 2.87. The Labute approximate surface area is 78.5 Å². The largest absolute Gasteiger partial charge is 0.221 e. The molecule has 3 heteroatoms. The third kappa shape index (κ3) is 1.59. The third-order valence-electron chi connectivity index (χ3n) is 2.03. The van der Waals surface area contributed by atoms with Gasteiger partial charge in [0.15, 0.2) is 0 Å². The van der Waals surface area contributed by atoms with Crippen molar-refractivity contribution in [2.45, 2.75) is 13.3 Å². The quantitative estimate of drug-likeness (QED) is 0.698. The van der Waals surface area contributed by atoms with Crippen LogP contribution < -0.4 is 0 Å². The molecular formula is C10H12N3. The number of aryl methyl sites for hydroxylation is 1. The normalized spacial score (nSPS) is 10.2. The second kappa shape index (κ2) is 3.39. The average Bonchev–Trinajstić information content (AvgIpc) is 2.71. The maximum atomic E-state index is 3.91. The van der Waals surface area contributed by atoms with E-state index in [1.54, 1.807) is 10.9 Å². The maximum Gasteiger partial charge on any atom is 0.0697 e. The molecule has 0 N–H and O–H groups in total. The zero-order valence-electron chi connectivity index (χ0n) is 8.51. The van der Waals surface area contributed by atoms with E-state index in [4.69, 9.17) is 0 Å². The third-order valence-corrected chi connectivity index (χ3v) is 2.03. The van der Waals surface area contributed by atoms with Gasteiger partial charge in [0.2, 0.25) is 0 Å². The predicted octanol–water partition coefficient (Wildman–Crippen LogP) is 1.94. The van der Waals surface area contributed by atoms with Gasteiger partial charge in [-0.3, -0.25) is 0 Å². The van der Waals surface area contributed by atoms with Crippen molar-refractivity contribution < 1.29 is 1.43 Å². The number of nitrogens with zero attached hydrogens (tertiary/aromatic N) is 3. The topological polar surface area (TPSA) is 30.7 Å². The highest BCUT2D eigenvalue weighted by molar-refractivity contribution is 5.33. The Morgan fingerprint density at radius 3 is 2.62 bits per heavy atom. The van der Waals surface area contributed by atoms with Crippen LogP contribution >= 0.6 is 0 Å². The Bertz CT molecular complexity index is 367. The summed E-state index contributed by atoms with van der Waals surface area (Å²) in [5.41, 5.74) is 2.39. The summed E-state index contributed by atoms with van der Waals surface area (Å²) in [5.74, 6) is 0. The molecule has 1 aromatic heterocycles. The van der Waals surface area contributed by atoms with Gasteiger partial charge >= 0.3 is 0 Å². The van der Waals surface area contributed by atoms with Gasteiger partial charge < -0.3 is 0 Å². The van der Waals surface area contributed by atoms with E-state index in [1.165, 1.54) is 5.56 Å². The molecule has 0 atom stereocenters. The lowest BCUT2D eigenvalue weighted by atomic mass is 10.1. The zero-order chi connectivity index (χ0) is 9.10. The molecule has 0 spiro atoms. The molecule has 2 rings (SSSR count). The van der Waals surface area contributed by atoms with Crippen molar-refractivity contribution in [1.82, 2.24) is 15.0 Å². The van der Waals surface area contributed by atoms with Crippen molar-refractivity contribution in [2.24, 2.45) is 0 Å². The lowest BCUT2D eigenvalue weighted by Gasteiger charge is -2.00. The standard InChI is InChI=1S/C10H11N3.H/c1-2-9-3-5-10(6-4-9)13-8-7-11-12-13;/h3-8H,2H2,1H3;/i;1+1. The highest BCUT2D eigenvalue weighted by atomic mass is 15.4. The molecule has 0 aliphatic heterocycles. The summed E-state index contributed by atoms with van der Waals surface area (Å²) < 4.78 is 1.75. The van der Waals surface area contributed by atoms with Gasteiger partial charge in [-0.15, -0.1) is 5.10 Å². The Morgan fingerprint density at radius 1 is 1.31 bits per heavy atom. The summed E-state index contributed by atoms with van der Waals surface area (Å²) in [6.45, 7) is 2.14. The van der Waals surface area contributed by atoms with Crippen LogP contribution in [-0.4, -0.2) is 15.0 Å². The van der Waals surface area contributed by atoms with Crippen LogP contribution in [0.3, 0.4) is 0 Å². The second-order valence-electron chi connectivity index (χ2n) is 2.87. The molecule has 1 radical (unpaired) electrons. The molecule has 0 saturated carbocycles. The van der Waals surface area contributed by atoms with Crippen LogP contribution in [0.4, 0.5) is 0 Å². The molecule has 13 heavy (non-hydrogen) atoms. The van der Waals surface area contributed by atoms with E-state index in [0.29, 0.717) is 0 Å². The van der Waals surface area contributed by atoms with Crippen LogP contribution in [-0.2, 0) is 6.42 Å². The van der Waals surface area contributed by atoms with Crippen LogP contribution in [0, 0.1) is 0 Å². The fourth-order valence-corrected chi connectivity index (χ4v) is 1.23. The zero-order valence-corrected chi connectivity index (χ0v) is 7.51. The number of hydrogen-bond donors (Lipinski definition) is 0. The summed E-state index contributed by atoms with van der Waals surface area (Å²) in [4.78, 5) is 0. The van der Waals surface area contributed by atoms with Gasteiger partial charge in [0.1, 0.15) is 0 Å². The van der Waals surface area contributed by atoms with Crippen molar-refractivity contribution in [1.29, 1.82) is 0 Å². The predicted molar refractivity (Wildman–Crippen MR) is 51.8 cm³/mol. The molecule has 67 valence electrons. The number of benzene rings is 1. The SMILES string of the molecule is CCc1ccc(-n2ccnn2)cc1.[2H]. The Kier molecular flexibility index (Phi) is 2.08. The highest BCUT2D eigenvalue weighted by Crippen LogP contribution is 2.07. The maximum absolute atomic E-state index is 3.91. The molecule has 0 fully saturated rings. The summed E-state index contributed by atoms with van der Waals surface area (Å²) in [6.07, 6.45) is 4.58. The van der Waals surface area contributed by atoms with E-state index >= 15 is 0 Å². The lowest BCUT2D eigenvalue weighted by molar-refractivity contribution is 0.802. The smallest absolute Gasteiger partial charge is 0.0697 e. The molecule has 1 heterocycles. The first kappa shape index (κ1) is 7.98. The fourth-order valence-electron chi connectivity index (χ4n) is 1.23. The minimum atomic E-state index is 0. The van der Waals surface area contributed by atoms with Crippen molar-refractivity contribution in [3.63, 3.8) is 0 Å². The summed E-state index contributed by atoms with van der Waals surface area (Å²) >= 11 is 0. The Morgan fingerprint density at radius 2 is 2.08 bits per heavy atom. The monoisotopic (exact) mass is 175 g/mol. The molecule has 0 aliphatic carbocycles. The summed E-state index contributed by atoms with van der Waals surface area (Å²) in [7, 11) is 0. The van der Waals surface area contributed by atoms with E-state index in [0.717, 1.165) is 12.1 Å². The first-order valence-corrected chi connectivity index (χ1v) is 4.36. The Hall–Kier alpha value is -1.64. The molecule has 0 bridgehead atoms. The number of aromatic nitrogens is 3. The van der Waals surface area contributed by atoms with Crippen LogP contribution in [0.1, 0.15) is 13.9 Å². The minimum Gasteiger partial charge on any atom is -0.221 e. The van der Waals surface area contributed by atoms with E-state index in [9.17, 15) is 0 Å². The molecule has 0 amide bonds. The van der Waals surface area contributed by atoms with Crippen molar-refractivity contribution in [3.05, 3.63) is 42.2 Å². The molecule has 3 nitrogen and oxygen atoms in total. The van der Waals surface area contributed by atoms with Gasteiger partial charge in [0.25, 0.3) is 0 Å². The number of rotatable bonds is 2.